The molecule has 1 aliphatic rings. The summed E-state index contributed by atoms with van der Waals surface area (Å²) in [5.74, 6) is 0.912. The van der Waals surface area contributed by atoms with Crippen LogP contribution in [0.5, 0.6) is 0 Å². The van der Waals surface area contributed by atoms with E-state index in [1.807, 2.05) is 43.3 Å². The van der Waals surface area contributed by atoms with Gasteiger partial charge in [-0.05, 0) is 24.6 Å². The van der Waals surface area contributed by atoms with Gasteiger partial charge in [0, 0.05) is 11.3 Å². The number of amidine groups is 1. The molecule has 3 heteroatoms. The Labute approximate surface area is 119 Å². The number of para-hydroxylation sites is 1. The van der Waals surface area contributed by atoms with Crippen molar-refractivity contribution in [2.75, 3.05) is 0 Å². The van der Waals surface area contributed by atoms with E-state index in [1.54, 1.807) is 0 Å². The topological polar surface area (TPSA) is 24.4 Å². The van der Waals surface area contributed by atoms with Crippen molar-refractivity contribution in [3.8, 4) is 0 Å². The third-order valence-corrected chi connectivity index (χ3v) is 2.93. The third-order valence-electron chi connectivity index (χ3n) is 2.93. The molecule has 0 saturated heterocycles. The first-order valence-corrected chi connectivity index (χ1v) is 6.01. The molecule has 2 aromatic carbocycles. The van der Waals surface area contributed by atoms with Crippen molar-refractivity contribution in [1.29, 1.82) is 0 Å². The Morgan fingerprint density at radius 2 is 1.58 bits per heavy atom. The van der Waals surface area contributed by atoms with Crippen LogP contribution in [0.2, 0.25) is 0 Å². The minimum Gasteiger partial charge on any atom is -0.343 e. The van der Waals surface area contributed by atoms with Crippen LogP contribution in [0.1, 0.15) is 18.1 Å². The highest BCUT2D eigenvalue weighted by molar-refractivity contribution is 5.98. The molecule has 1 aliphatic heterocycles. The third kappa shape index (κ3) is 2.85. The van der Waals surface area contributed by atoms with Gasteiger partial charge in [-0.25, -0.2) is 4.99 Å². The zero-order valence-corrected chi connectivity index (χ0v) is 11.4. The molecule has 0 amide bonds. The van der Waals surface area contributed by atoms with Gasteiger partial charge in [-0.1, -0.05) is 48.5 Å². The van der Waals surface area contributed by atoms with E-state index in [-0.39, 0.29) is 12.4 Å². The summed E-state index contributed by atoms with van der Waals surface area (Å²) in [6.45, 7) is 1.98. The highest BCUT2D eigenvalue weighted by atomic mass is 35.5. The van der Waals surface area contributed by atoms with Crippen LogP contribution >= 0.6 is 12.4 Å². The molecule has 0 unspecified atom stereocenters. The predicted molar refractivity (Wildman–Crippen MR) is 83.9 cm³/mol. The van der Waals surface area contributed by atoms with Gasteiger partial charge in [0.25, 0.3) is 0 Å². The van der Waals surface area contributed by atoms with E-state index in [9.17, 15) is 0 Å². The van der Waals surface area contributed by atoms with Gasteiger partial charge in [0.1, 0.15) is 5.84 Å². The Hall–Kier alpha value is -2.06. The molecule has 1 N–H and O–H groups in total. The van der Waals surface area contributed by atoms with Crippen molar-refractivity contribution in [3.05, 3.63) is 65.7 Å². The minimum absolute atomic E-state index is 0. The molecule has 0 atom stereocenters. The van der Waals surface area contributed by atoms with Crippen molar-refractivity contribution < 1.29 is 0 Å². The molecule has 2 nitrogen and oxygen atoms in total. The molecule has 2 aromatic rings. The Kier molecular flexibility index (Phi) is 4.03. The summed E-state index contributed by atoms with van der Waals surface area (Å²) in [5, 5.41) is 3.35. The van der Waals surface area contributed by atoms with E-state index in [1.165, 1.54) is 5.56 Å². The molecule has 1 heterocycles. The summed E-state index contributed by atoms with van der Waals surface area (Å²) in [4.78, 5) is 4.57. The molecule has 0 saturated carbocycles. The second-order valence-corrected chi connectivity index (χ2v) is 4.31. The quantitative estimate of drug-likeness (QED) is 0.823. The number of rotatable bonds is 1. The molecule has 0 aliphatic carbocycles. The zero-order valence-electron chi connectivity index (χ0n) is 10.6. The van der Waals surface area contributed by atoms with Crippen LogP contribution in [0.3, 0.4) is 0 Å². The summed E-state index contributed by atoms with van der Waals surface area (Å²) in [6, 6.07) is 18.5. The molecule has 0 fully saturated rings. The molecule has 0 bridgehead atoms. The van der Waals surface area contributed by atoms with Gasteiger partial charge < -0.3 is 5.32 Å². The summed E-state index contributed by atoms with van der Waals surface area (Å²) >= 11 is 0. The SMILES string of the molecule is CC1=Nc2ccccc2C=C(c2ccccc2)N1.Cl. The van der Waals surface area contributed by atoms with E-state index in [0.29, 0.717) is 0 Å². The average molecular weight is 271 g/mol. The first kappa shape index (κ1) is 13.4. The van der Waals surface area contributed by atoms with E-state index < -0.39 is 0 Å². The van der Waals surface area contributed by atoms with Crippen LogP contribution in [0, 0.1) is 0 Å². The second kappa shape index (κ2) is 5.72. The van der Waals surface area contributed by atoms with Crippen molar-refractivity contribution in [2.45, 2.75) is 6.92 Å². The van der Waals surface area contributed by atoms with E-state index in [4.69, 9.17) is 0 Å². The zero-order chi connectivity index (χ0) is 12.4. The smallest absolute Gasteiger partial charge is 0.103 e. The summed E-state index contributed by atoms with van der Waals surface area (Å²) in [5.41, 5.74) is 4.40. The molecule has 0 radical (unpaired) electrons. The van der Waals surface area contributed by atoms with Gasteiger partial charge in [-0.15, -0.1) is 12.4 Å². The normalized spacial score (nSPS) is 13.1. The largest absolute Gasteiger partial charge is 0.343 e. The van der Waals surface area contributed by atoms with Crippen molar-refractivity contribution >= 4 is 35.7 Å². The van der Waals surface area contributed by atoms with Gasteiger partial charge >= 0.3 is 0 Å². The summed E-state index contributed by atoms with van der Waals surface area (Å²) < 4.78 is 0. The van der Waals surface area contributed by atoms with Crippen LogP contribution in [-0.2, 0) is 0 Å². The number of nitrogens with zero attached hydrogens (tertiary/aromatic N) is 1. The van der Waals surface area contributed by atoms with E-state index in [0.717, 1.165) is 22.8 Å². The van der Waals surface area contributed by atoms with Crippen molar-refractivity contribution in [3.63, 3.8) is 0 Å². The molecule has 3 rings (SSSR count). The van der Waals surface area contributed by atoms with Crippen LogP contribution in [0.15, 0.2) is 59.6 Å². The Balaban J connectivity index is 0.00000133. The highest BCUT2D eigenvalue weighted by Gasteiger charge is 2.08. The number of benzene rings is 2. The van der Waals surface area contributed by atoms with Crippen LogP contribution in [-0.4, -0.2) is 5.84 Å². The average Bonchev–Trinajstić information content (AvgIpc) is 2.57. The Morgan fingerprint density at radius 3 is 2.37 bits per heavy atom. The van der Waals surface area contributed by atoms with Gasteiger partial charge in [-0.2, -0.15) is 0 Å². The van der Waals surface area contributed by atoms with Gasteiger partial charge in [-0.3, -0.25) is 0 Å². The summed E-state index contributed by atoms with van der Waals surface area (Å²) in [6.07, 6.45) is 2.14. The lowest BCUT2D eigenvalue weighted by atomic mass is 10.1. The molecule has 19 heavy (non-hydrogen) atoms. The highest BCUT2D eigenvalue weighted by Crippen LogP contribution is 2.26. The van der Waals surface area contributed by atoms with Crippen LogP contribution in [0.4, 0.5) is 5.69 Å². The van der Waals surface area contributed by atoms with Gasteiger partial charge in [0.05, 0.1) is 5.69 Å². The van der Waals surface area contributed by atoms with E-state index >= 15 is 0 Å². The maximum atomic E-state index is 4.57. The first-order valence-electron chi connectivity index (χ1n) is 6.01. The minimum atomic E-state index is 0. The number of halogens is 1. The van der Waals surface area contributed by atoms with Gasteiger partial charge in [0.2, 0.25) is 0 Å². The number of hydrogen-bond donors (Lipinski definition) is 1. The molecular formula is C16H15ClN2. The molecule has 0 aromatic heterocycles. The Bertz CT molecular complexity index is 630. The lowest BCUT2D eigenvalue weighted by Crippen LogP contribution is -2.17. The lowest BCUT2D eigenvalue weighted by Gasteiger charge is -2.08. The van der Waals surface area contributed by atoms with Gasteiger partial charge in [0.15, 0.2) is 0 Å². The number of nitrogens with one attached hydrogen (secondary N) is 1. The molecule has 96 valence electrons. The Morgan fingerprint density at radius 1 is 0.895 bits per heavy atom. The first-order chi connectivity index (χ1) is 8.83. The fourth-order valence-electron chi connectivity index (χ4n) is 2.08. The number of aliphatic imine (C=N–C) groups is 1. The maximum Gasteiger partial charge on any atom is 0.103 e. The van der Waals surface area contributed by atoms with Crippen LogP contribution in [0.25, 0.3) is 11.8 Å². The van der Waals surface area contributed by atoms with Crippen molar-refractivity contribution in [2.24, 2.45) is 4.99 Å². The molecule has 0 spiro atoms. The molecular weight excluding hydrogens is 256 g/mol. The second-order valence-electron chi connectivity index (χ2n) is 4.31. The predicted octanol–water partition coefficient (Wildman–Crippen LogP) is 4.26. The fraction of sp³-hybridized carbons (Fsp3) is 0.0625. The fourth-order valence-corrected chi connectivity index (χ4v) is 2.08. The monoisotopic (exact) mass is 270 g/mol. The van der Waals surface area contributed by atoms with E-state index in [2.05, 4.69) is 34.6 Å². The standard InChI is InChI=1S/C16H14N2.ClH/c1-12-17-15-10-6-5-9-14(15)11-16(18-12)13-7-3-2-4-8-13;/h2-11H,1H3,(H,17,18);1H. The maximum absolute atomic E-state index is 4.57. The summed E-state index contributed by atoms with van der Waals surface area (Å²) in [7, 11) is 0. The number of fused-ring (bicyclic) bond motifs is 1. The number of hydrogen-bond acceptors (Lipinski definition) is 2. The van der Waals surface area contributed by atoms with Crippen LogP contribution < -0.4 is 5.32 Å². The lowest BCUT2D eigenvalue weighted by molar-refractivity contribution is 1.27. The van der Waals surface area contributed by atoms with Crippen molar-refractivity contribution in [1.82, 2.24) is 5.32 Å².